The highest BCUT2D eigenvalue weighted by molar-refractivity contribution is 5.67. The van der Waals surface area contributed by atoms with Gasteiger partial charge in [-0.1, -0.05) is 24.3 Å². The number of aromatic nitrogens is 5. The summed E-state index contributed by atoms with van der Waals surface area (Å²) in [5, 5.41) is 18.8. The van der Waals surface area contributed by atoms with Crippen molar-refractivity contribution in [1.82, 2.24) is 25.2 Å². The number of nitriles is 1. The molecule has 8 heteroatoms. The first-order chi connectivity index (χ1) is 14.6. The molecule has 4 aromatic rings. The van der Waals surface area contributed by atoms with Gasteiger partial charge in [0.2, 0.25) is 5.88 Å². The zero-order valence-electron chi connectivity index (χ0n) is 16.5. The number of hydrogen-bond donors (Lipinski definition) is 1. The summed E-state index contributed by atoms with van der Waals surface area (Å²) in [7, 11) is 0. The molecule has 0 atom stereocenters. The van der Waals surface area contributed by atoms with Crippen LogP contribution in [0.2, 0.25) is 0 Å². The van der Waals surface area contributed by atoms with Crippen molar-refractivity contribution in [3.63, 3.8) is 0 Å². The van der Waals surface area contributed by atoms with Crippen LogP contribution < -0.4 is 10.4 Å². The van der Waals surface area contributed by atoms with Crippen LogP contribution in [0.3, 0.4) is 0 Å². The predicted molar refractivity (Wildman–Crippen MR) is 110 cm³/mol. The third kappa shape index (κ3) is 3.69. The fraction of sp³-hybridized carbons (Fsp3) is 0.136. The van der Waals surface area contributed by atoms with E-state index in [2.05, 4.69) is 26.6 Å². The lowest BCUT2D eigenvalue weighted by molar-refractivity contribution is 0.292. The van der Waals surface area contributed by atoms with Crippen LogP contribution in [0.25, 0.3) is 16.8 Å². The molecule has 0 aliphatic carbocycles. The number of hydrogen-bond acceptors (Lipinski definition) is 6. The van der Waals surface area contributed by atoms with Crippen LogP contribution in [0.15, 0.2) is 59.4 Å². The summed E-state index contributed by atoms with van der Waals surface area (Å²) in [5.74, 6) is 0.467. The van der Waals surface area contributed by atoms with Crippen LogP contribution >= 0.6 is 0 Å². The molecule has 0 spiro atoms. The summed E-state index contributed by atoms with van der Waals surface area (Å²) in [6, 6.07) is 18.8. The average Bonchev–Trinajstić information content (AvgIpc) is 3.18. The molecule has 0 fully saturated rings. The van der Waals surface area contributed by atoms with Gasteiger partial charge in [-0.25, -0.2) is 14.9 Å². The number of pyridine rings is 1. The maximum Gasteiger partial charge on any atom is 0.365 e. The molecule has 0 saturated heterocycles. The van der Waals surface area contributed by atoms with Gasteiger partial charge < -0.3 is 4.74 Å². The number of nitrogens with one attached hydrogen (secondary N) is 1. The van der Waals surface area contributed by atoms with Crippen molar-refractivity contribution in [2.24, 2.45) is 0 Å². The van der Waals surface area contributed by atoms with E-state index in [-0.39, 0.29) is 6.61 Å². The Bertz CT molecular complexity index is 1320. The molecule has 148 valence electrons. The fourth-order valence-corrected chi connectivity index (χ4v) is 3.25. The van der Waals surface area contributed by atoms with Gasteiger partial charge in [0, 0.05) is 22.9 Å². The van der Waals surface area contributed by atoms with E-state index < -0.39 is 5.69 Å². The van der Waals surface area contributed by atoms with Crippen molar-refractivity contribution >= 4 is 0 Å². The first kappa shape index (κ1) is 19.1. The number of ether oxygens (including phenoxy) is 1. The molecule has 2 aromatic heterocycles. The second-order valence-electron chi connectivity index (χ2n) is 6.75. The highest BCUT2D eigenvalue weighted by Gasteiger charge is 2.13. The van der Waals surface area contributed by atoms with Gasteiger partial charge in [-0.2, -0.15) is 9.94 Å². The summed E-state index contributed by atoms with van der Waals surface area (Å²) in [5.41, 5.74) is 5.23. The molecule has 0 bridgehead atoms. The fourth-order valence-electron chi connectivity index (χ4n) is 3.25. The molecule has 1 N–H and O–H groups in total. The first-order valence-corrected chi connectivity index (χ1v) is 9.27. The summed E-state index contributed by atoms with van der Waals surface area (Å²) in [6.45, 7) is 4.06. The highest BCUT2D eigenvalue weighted by atomic mass is 16.5. The Morgan fingerprint density at radius 2 is 1.97 bits per heavy atom. The Balaban J connectivity index is 1.60. The molecule has 4 rings (SSSR count). The number of H-pyrrole nitrogens is 1. The first-order valence-electron chi connectivity index (χ1n) is 9.27. The van der Waals surface area contributed by atoms with E-state index in [9.17, 15) is 4.79 Å². The van der Waals surface area contributed by atoms with E-state index in [1.165, 1.54) is 4.68 Å². The van der Waals surface area contributed by atoms with E-state index >= 15 is 0 Å². The number of aryl methyl sites for hydroxylation is 2. The lowest BCUT2D eigenvalue weighted by Gasteiger charge is -2.13. The van der Waals surface area contributed by atoms with Gasteiger partial charge in [0.15, 0.2) is 0 Å². The van der Waals surface area contributed by atoms with Crippen molar-refractivity contribution in [3.8, 4) is 28.8 Å². The Morgan fingerprint density at radius 1 is 1.13 bits per heavy atom. The van der Waals surface area contributed by atoms with Gasteiger partial charge >= 0.3 is 5.69 Å². The van der Waals surface area contributed by atoms with E-state index in [0.29, 0.717) is 17.1 Å². The molecule has 2 aromatic carbocycles. The molecule has 0 aliphatic rings. The molecule has 8 nitrogen and oxygen atoms in total. The number of benzene rings is 2. The van der Waals surface area contributed by atoms with Crippen LogP contribution in [0.4, 0.5) is 0 Å². The number of tetrazole rings is 1. The van der Waals surface area contributed by atoms with Crippen molar-refractivity contribution < 1.29 is 4.74 Å². The van der Waals surface area contributed by atoms with E-state index in [4.69, 9.17) is 10.00 Å². The molecule has 0 amide bonds. The average molecular weight is 398 g/mol. The van der Waals surface area contributed by atoms with Crippen molar-refractivity contribution in [3.05, 3.63) is 87.5 Å². The van der Waals surface area contributed by atoms with Crippen molar-refractivity contribution in [2.45, 2.75) is 20.5 Å². The molecule has 0 radical (unpaired) electrons. The molecule has 0 saturated carbocycles. The van der Waals surface area contributed by atoms with Crippen LogP contribution in [0, 0.1) is 25.2 Å². The largest absolute Gasteiger partial charge is 0.473 e. The maximum atomic E-state index is 11.9. The summed E-state index contributed by atoms with van der Waals surface area (Å²) in [4.78, 5) is 16.5. The quantitative estimate of drug-likeness (QED) is 0.553. The topological polar surface area (TPSA) is 109 Å². The van der Waals surface area contributed by atoms with Gasteiger partial charge in [0.25, 0.3) is 0 Å². The zero-order valence-corrected chi connectivity index (χ0v) is 16.5. The minimum absolute atomic E-state index is 0.219. The van der Waals surface area contributed by atoms with E-state index in [0.717, 1.165) is 27.9 Å². The standard InChI is InChI=1S/C22H18N6O2/c1-14-5-3-8-20(28-22(29)25-26-27-28)19(14)13-30-21-10-9-18(15(2)24-21)17-7-4-6-16(11-17)12-23/h3-11H,13H2,1-2H3,(H,25,27,29). The second-order valence-corrected chi connectivity index (χ2v) is 6.75. The number of rotatable bonds is 5. The monoisotopic (exact) mass is 398 g/mol. The van der Waals surface area contributed by atoms with Crippen LogP contribution in [-0.4, -0.2) is 25.2 Å². The smallest absolute Gasteiger partial charge is 0.365 e. The number of nitrogens with zero attached hydrogens (tertiary/aromatic N) is 5. The lowest BCUT2D eigenvalue weighted by atomic mass is 10.0. The highest BCUT2D eigenvalue weighted by Crippen LogP contribution is 2.26. The van der Waals surface area contributed by atoms with Gasteiger partial charge in [-0.05, 0) is 59.7 Å². The Labute approximate surface area is 172 Å². The summed E-state index contributed by atoms with van der Waals surface area (Å²) in [6.07, 6.45) is 0. The third-order valence-corrected chi connectivity index (χ3v) is 4.81. The summed E-state index contributed by atoms with van der Waals surface area (Å²) >= 11 is 0. The minimum Gasteiger partial charge on any atom is -0.473 e. The Hall–Kier alpha value is -4.25. The van der Waals surface area contributed by atoms with Crippen LogP contribution in [-0.2, 0) is 6.61 Å². The number of aromatic amines is 1. The second kappa shape index (κ2) is 8.01. The molecule has 2 heterocycles. The zero-order chi connectivity index (χ0) is 21.1. The predicted octanol–water partition coefficient (Wildman–Crippen LogP) is 3.09. The maximum absolute atomic E-state index is 11.9. The SMILES string of the molecule is Cc1cccc(-n2nn[nH]c2=O)c1COc1ccc(-c2cccc(C#N)c2)c(C)n1. The van der Waals surface area contributed by atoms with E-state index in [1.807, 2.05) is 50.2 Å². The third-order valence-electron chi connectivity index (χ3n) is 4.81. The summed E-state index contributed by atoms with van der Waals surface area (Å²) < 4.78 is 7.13. The molecular weight excluding hydrogens is 380 g/mol. The van der Waals surface area contributed by atoms with E-state index in [1.54, 1.807) is 18.2 Å². The molecule has 0 aliphatic heterocycles. The molecule has 30 heavy (non-hydrogen) atoms. The van der Waals surface area contributed by atoms with Crippen molar-refractivity contribution in [2.75, 3.05) is 0 Å². The van der Waals surface area contributed by atoms with Gasteiger partial charge in [-0.15, -0.1) is 0 Å². The van der Waals surface area contributed by atoms with Crippen LogP contribution in [0.1, 0.15) is 22.4 Å². The molecule has 0 unspecified atom stereocenters. The Kier molecular flexibility index (Phi) is 5.09. The van der Waals surface area contributed by atoms with Gasteiger partial charge in [0.1, 0.15) is 6.61 Å². The molecular formula is C22H18N6O2. The van der Waals surface area contributed by atoms with Crippen molar-refractivity contribution in [1.29, 1.82) is 5.26 Å². The lowest BCUT2D eigenvalue weighted by Crippen LogP contribution is -2.18. The van der Waals surface area contributed by atoms with Gasteiger partial charge in [0.05, 0.1) is 17.3 Å². The van der Waals surface area contributed by atoms with Crippen LogP contribution in [0.5, 0.6) is 5.88 Å². The minimum atomic E-state index is -0.417. The normalized spacial score (nSPS) is 10.6. The van der Waals surface area contributed by atoms with Gasteiger partial charge in [-0.3, -0.25) is 0 Å². The Morgan fingerprint density at radius 3 is 2.70 bits per heavy atom.